The molecule has 0 atom stereocenters. The first-order chi connectivity index (χ1) is 5.59. The molecule has 2 nitrogen and oxygen atoms in total. The topological polar surface area (TPSA) is 49.9 Å². The molecule has 0 fully saturated rings. The first kappa shape index (κ1) is 9.36. The van der Waals surface area contributed by atoms with Crippen molar-refractivity contribution in [3.05, 3.63) is 33.8 Å². The average Bonchev–Trinajstić information content (AvgIpc) is 1.96. The van der Waals surface area contributed by atoms with Crippen LogP contribution in [-0.4, -0.2) is 5.84 Å². The predicted octanol–water partition coefficient (Wildman–Crippen LogP) is 2.47. The van der Waals surface area contributed by atoms with Crippen molar-refractivity contribution in [1.29, 1.82) is 5.41 Å². The number of halogens is 2. The van der Waals surface area contributed by atoms with E-state index in [-0.39, 0.29) is 5.84 Å². The minimum atomic E-state index is 0.0826. The Kier molecular flexibility index (Phi) is 2.95. The zero-order chi connectivity index (χ0) is 9.14. The van der Waals surface area contributed by atoms with Gasteiger partial charge in [-0.05, 0) is 23.8 Å². The maximum Gasteiger partial charge on any atom is 0.0950 e. The molecule has 12 heavy (non-hydrogen) atoms. The normalized spacial score (nSPS) is 9.83. The summed E-state index contributed by atoms with van der Waals surface area (Å²) in [4.78, 5) is 0. The molecule has 0 radical (unpaired) electrons. The van der Waals surface area contributed by atoms with Crippen LogP contribution in [0.15, 0.2) is 18.2 Å². The Morgan fingerprint density at radius 1 is 1.42 bits per heavy atom. The van der Waals surface area contributed by atoms with Crippen LogP contribution in [0.1, 0.15) is 5.56 Å². The second kappa shape index (κ2) is 3.78. The highest BCUT2D eigenvalue weighted by atomic mass is 35.5. The Morgan fingerprint density at radius 3 is 2.67 bits per heavy atom. The molecule has 4 heteroatoms. The predicted molar refractivity (Wildman–Crippen MR) is 52.1 cm³/mol. The van der Waals surface area contributed by atoms with E-state index >= 15 is 0 Å². The molecule has 0 saturated carbocycles. The van der Waals surface area contributed by atoms with E-state index in [4.69, 9.17) is 34.3 Å². The van der Waals surface area contributed by atoms with E-state index in [2.05, 4.69) is 0 Å². The van der Waals surface area contributed by atoms with Crippen LogP contribution >= 0.6 is 23.2 Å². The standard InChI is InChI=1S/C8H8Cl2N2/c9-6-1-2-7(10)5(3-6)4-8(11)12/h1-3H,4H2,(H3,11,12). The van der Waals surface area contributed by atoms with Gasteiger partial charge in [0.2, 0.25) is 0 Å². The molecule has 1 aromatic carbocycles. The maximum atomic E-state index is 7.07. The summed E-state index contributed by atoms with van der Waals surface area (Å²) in [6, 6.07) is 5.11. The summed E-state index contributed by atoms with van der Waals surface area (Å²) in [6.45, 7) is 0. The van der Waals surface area contributed by atoms with Gasteiger partial charge in [-0.15, -0.1) is 0 Å². The van der Waals surface area contributed by atoms with Gasteiger partial charge in [-0.25, -0.2) is 0 Å². The first-order valence-electron chi connectivity index (χ1n) is 3.36. The fourth-order valence-corrected chi connectivity index (χ4v) is 1.26. The lowest BCUT2D eigenvalue weighted by atomic mass is 10.1. The van der Waals surface area contributed by atoms with Crippen LogP contribution in [0.2, 0.25) is 10.0 Å². The van der Waals surface area contributed by atoms with Gasteiger partial charge in [0, 0.05) is 16.5 Å². The minimum absolute atomic E-state index is 0.0826. The highest BCUT2D eigenvalue weighted by Gasteiger charge is 2.01. The molecular formula is C8H8Cl2N2. The summed E-state index contributed by atoms with van der Waals surface area (Å²) < 4.78 is 0. The molecule has 0 spiro atoms. The van der Waals surface area contributed by atoms with Crippen LogP contribution in [0.4, 0.5) is 0 Å². The second-order valence-electron chi connectivity index (χ2n) is 2.44. The number of hydrogen-bond acceptors (Lipinski definition) is 1. The van der Waals surface area contributed by atoms with Gasteiger partial charge in [0.05, 0.1) is 5.84 Å². The third-order valence-corrected chi connectivity index (χ3v) is 1.99. The maximum absolute atomic E-state index is 7.07. The molecule has 64 valence electrons. The zero-order valence-corrected chi connectivity index (χ0v) is 7.78. The number of nitrogens with one attached hydrogen (secondary N) is 1. The van der Waals surface area contributed by atoms with Crippen molar-refractivity contribution in [2.24, 2.45) is 5.73 Å². The lowest BCUT2D eigenvalue weighted by Gasteiger charge is -2.02. The summed E-state index contributed by atoms with van der Waals surface area (Å²) in [5.41, 5.74) is 6.01. The molecule has 0 aliphatic heterocycles. The van der Waals surface area contributed by atoms with E-state index in [1.807, 2.05) is 0 Å². The second-order valence-corrected chi connectivity index (χ2v) is 3.28. The van der Waals surface area contributed by atoms with Crippen LogP contribution < -0.4 is 5.73 Å². The largest absolute Gasteiger partial charge is 0.387 e. The fourth-order valence-electron chi connectivity index (χ4n) is 0.884. The molecule has 0 heterocycles. The van der Waals surface area contributed by atoms with Gasteiger partial charge < -0.3 is 5.73 Å². The lowest BCUT2D eigenvalue weighted by Crippen LogP contribution is -2.12. The Morgan fingerprint density at radius 2 is 2.08 bits per heavy atom. The third-order valence-electron chi connectivity index (χ3n) is 1.39. The van der Waals surface area contributed by atoms with Gasteiger partial charge >= 0.3 is 0 Å². The molecule has 3 N–H and O–H groups in total. The number of amidine groups is 1. The molecule has 0 aliphatic carbocycles. The van der Waals surface area contributed by atoms with E-state index in [0.29, 0.717) is 16.5 Å². The average molecular weight is 203 g/mol. The molecule has 0 unspecified atom stereocenters. The van der Waals surface area contributed by atoms with Crippen molar-refractivity contribution in [1.82, 2.24) is 0 Å². The number of benzene rings is 1. The van der Waals surface area contributed by atoms with Gasteiger partial charge in [-0.3, -0.25) is 5.41 Å². The van der Waals surface area contributed by atoms with Crippen molar-refractivity contribution in [2.45, 2.75) is 6.42 Å². The molecular weight excluding hydrogens is 195 g/mol. The smallest absolute Gasteiger partial charge is 0.0950 e. The van der Waals surface area contributed by atoms with Crippen molar-refractivity contribution < 1.29 is 0 Å². The van der Waals surface area contributed by atoms with Gasteiger partial charge in [-0.1, -0.05) is 23.2 Å². The van der Waals surface area contributed by atoms with E-state index in [1.54, 1.807) is 18.2 Å². The first-order valence-corrected chi connectivity index (χ1v) is 4.12. The van der Waals surface area contributed by atoms with Crippen molar-refractivity contribution in [3.8, 4) is 0 Å². The third kappa shape index (κ3) is 2.40. The molecule has 1 rings (SSSR count). The number of rotatable bonds is 2. The van der Waals surface area contributed by atoms with Crippen LogP contribution in [-0.2, 0) is 6.42 Å². The zero-order valence-electron chi connectivity index (χ0n) is 6.27. The Labute approximate surface area is 80.8 Å². The van der Waals surface area contributed by atoms with Crippen molar-refractivity contribution in [3.63, 3.8) is 0 Å². The Hall–Kier alpha value is -0.730. The Balaban J connectivity index is 2.97. The molecule has 0 aliphatic rings. The fraction of sp³-hybridized carbons (Fsp3) is 0.125. The summed E-state index contributed by atoms with van der Waals surface area (Å²) in [7, 11) is 0. The van der Waals surface area contributed by atoms with E-state index in [9.17, 15) is 0 Å². The lowest BCUT2D eigenvalue weighted by molar-refractivity contribution is 1.25. The Bertz CT molecular complexity index is 310. The van der Waals surface area contributed by atoms with Gasteiger partial charge in [0.25, 0.3) is 0 Å². The van der Waals surface area contributed by atoms with Crippen LogP contribution in [0.3, 0.4) is 0 Å². The number of nitrogens with two attached hydrogens (primary N) is 1. The van der Waals surface area contributed by atoms with Crippen LogP contribution in [0.25, 0.3) is 0 Å². The van der Waals surface area contributed by atoms with Gasteiger partial charge in [0.15, 0.2) is 0 Å². The summed E-state index contributed by atoms with van der Waals surface area (Å²) in [5, 5.41) is 8.27. The van der Waals surface area contributed by atoms with Crippen molar-refractivity contribution >= 4 is 29.0 Å². The molecule has 0 bridgehead atoms. The monoisotopic (exact) mass is 202 g/mol. The molecule has 0 aromatic heterocycles. The van der Waals surface area contributed by atoms with Gasteiger partial charge in [0.1, 0.15) is 0 Å². The molecule has 1 aromatic rings. The SMILES string of the molecule is N=C(N)Cc1cc(Cl)ccc1Cl. The summed E-state index contributed by atoms with van der Waals surface area (Å²) in [5.74, 6) is 0.0826. The van der Waals surface area contributed by atoms with E-state index in [1.165, 1.54) is 0 Å². The number of hydrogen-bond donors (Lipinski definition) is 2. The van der Waals surface area contributed by atoms with E-state index < -0.39 is 0 Å². The minimum Gasteiger partial charge on any atom is -0.387 e. The van der Waals surface area contributed by atoms with Crippen LogP contribution in [0, 0.1) is 5.41 Å². The van der Waals surface area contributed by atoms with Gasteiger partial charge in [-0.2, -0.15) is 0 Å². The summed E-state index contributed by atoms with van der Waals surface area (Å²) in [6.07, 6.45) is 0.347. The summed E-state index contributed by atoms with van der Waals surface area (Å²) >= 11 is 11.6. The highest BCUT2D eigenvalue weighted by molar-refractivity contribution is 6.33. The quantitative estimate of drug-likeness (QED) is 0.562. The highest BCUT2D eigenvalue weighted by Crippen LogP contribution is 2.20. The molecule has 0 saturated heterocycles. The van der Waals surface area contributed by atoms with Crippen molar-refractivity contribution in [2.75, 3.05) is 0 Å². The van der Waals surface area contributed by atoms with Crippen LogP contribution in [0.5, 0.6) is 0 Å². The van der Waals surface area contributed by atoms with E-state index in [0.717, 1.165) is 5.56 Å². The molecule has 0 amide bonds.